The Morgan fingerprint density at radius 3 is 2.47 bits per heavy atom. The Morgan fingerprint density at radius 2 is 2.06 bits per heavy atom. The standard InChI is InChI=1S/C13H16O4/c1-4-6-10(7-5-2)8-11(9-12(14)15)13(16)17-3/h4-8H,1,9H2,2-3H3,(H,14,15)/b7-5-,10-6+,11-8+. The summed E-state index contributed by atoms with van der Waals surface area (Å²) in [5, 5.41) is 8.69. The van der Waals surface area contributed by atoms with Gasteiger partial charge in [0.05, 0.1) is 13.5 Å². The fraction of sp³-hybridized carbons (Fsp3) is 0.231. The third-order valence-corrected chi connectivity index (χ3v) is 1.80. The highest BCUT2D eigenvalue weighted by molar-refractivity contribution is 5.94. The molecule has 0 saturated carbocycles. The van der Waals surface area contributed by atoms with Crippen LogP contribution in [0, 0.1) is 0 Å². The van der Waals surface area contributed by atoms with E-state index in [-0.39, 0.29) is 12.0 Å². The van der Waals surface area contributed by atoms with Crippen molar-refractivity contribution in [1.29, 1.82) is 0 Å². The van der Waals surface area contributed by atoms with E-state index in [1.165, 1.54) is 13.2 Å². The topological polar surface area (TPSA) is 63.6 Å². The smallest absolute Gasteiger partial charge is 0.334 e. The van der Waals surface area contributed by atoms with E-state index in [9.17, 15) is 9.59 Å². The maximum absolute atomic E-state index is 11.4. The number of allylic oxidation sites excluding steroid dienone is 6. The summed E-state index contributed by atoms with van der Waals surface area (Å²) in [6.45, 7) is 5.36. The Kier molecular flexibility index (Phi) is 7.10. The zero-order chi connectivity index (χ0) is 13.3. The first-order valence-corrected chi connectivity index (χ1v) is 5.01. The quantitative estimate of drug-likeness (QED) is 0.436. The van der Waals surface area contributed by atoms with Gasteiger partial charge in [0.25, 0.3) is 0 Å². The lowest BCUT2D eigenvalue weighted by Gasteiger charge is -2.03. The van der Waals surface area contributed by atoms with Crippen LogP contribution in [0.4, 0.5) is 0 Å². The van der Waals surface area contributed by atoms with E-state index in [1.54, 1.807) is 24.3 Å². The van der Waals surface area contributed by atoms with E-state index in [1.807, 2.05) is 6.92 Å². The maximum Gasteiger partial charge on any atom is 0.334 e. The second kappa shape index (κ2) is 8.10. The molecule has 0 saturated heterocycles. The zero-order valence-electron chi connectivity index (χ0n) is 9.97. The third-order valence-electron chi connectivity index (χ3n) is 1.80. The molecule has 0 aliphatic rings. The normalized spacial score (nSPS) is 12.6. The van der Waals surface area contributed by atoms with Crippen molar-refractivity contribution < 1.29 is 19.4 Å². The zero-order valence-corrected chi connectivity index (χ0v) is 9.97. The van der Waals surface area contributed by atoms with Gasteiger partial charge >= 0.3 is 11.9 Å². The van der Waals surface area contributed by atoms with Gasteiger partial charge in [-0.1, -0.05) is 30.9 Å². The molecule has 0 aromatic carbocycles. The van der Waals surface area contributed by atoms with Crippen LogP contribution >= 0.6 is 0 Å². The summed E-state index contributed by atoms with van der Waals surface area (Å²) in [4.78, 5) is 22.0. The fourth-order valence-corrected chi connectivity index (χ4v) is 1.16. The van der Waals surface area contributed by atoms with Crippen LogP contribution in [-0.4, -0.2) is 24.2 Å². The number of carbonyl (C=O) groups is 2. The molecule has 0 fully saturated rings. The number of aliphatic carboxylic acids is 1. The third kappa shape index (κ3) is 6.14. The molecule has 0 bridgehead atoms. The molecule has 0 unspecified atom stereocenters. The van der Waals surface area contributed by atoms with Gasteiger partial charge in [-0.2, -0.15) is 0 Å². The van der Waals surface area contributed by atoms with E-state index in [0.29, 0.717) is 5.57 Å². The first-order chi connectivity index (χ1) is 8.04. The number of hydrogen-bond donors (Lipinski definition) is 1. The van der Waals surface area contributed by atoms with Gasteiger partial charge in [0.1, 0.15) is 0 Å². The molecular weight excluding hydrogens is 220 g/mol. The van der Waals surface area contributed by atoms with Crippen LogP contribution < -0.4 is 0 Å². The van der Waals surface area contributed by atoms with Gasteiger partial charge in [0, 0.05) is 5.57 Å². The average molecular weight is 236 g/mol. The number of carboxylic acid groups (broad SMARTS) is 1. The molecule has 0 rings (SSSR count). The summed E-state index contributed by atoms with van der Waals surface area (Å²) < 4.78 is 4.52. The second-order valence-electron chi connectivity index (χ2n) is 3.13. The molecule has 0 aliphatic heterocycles. The number of ether oxygens (including phenoxy) is 1. The molecule has 1 N–H and O–H groups in total. The summed E-state index contributed by atoms with van der Waals surface area (Å²) in [5.41, 5.74) is 0.773. The molecule has 0 amide bonds. The minimum atomic E-state index is -1.08. The fourth-order valence-electron chi connectivity index (χ4n) is 1.16. The van der Waals surface area contributed by atoms with Crippen LogP contribution in [0.1, 0.15) is 13.3 Å². The lowest BCUT2D eigenvalue weighted by Crippen LogP contribution is -2.09. The van der Waals surface area contributed by atoms with Crippen LogP contribution in [0.15, 0.2) is 48.1 Å². The Labute approximate surface area is 101 Å². The van der Waals surface area contributed by atoms with Crippen LogP contribution in [0.25, 0.3) is 0 Å². The van der Waals surface area contributed by atoms with E-state index in [4.69, 9.17) is 5.11 Å². The Bertz CT molecular complexity index is 386. The first-order valence-electron chi connectivity index (χ1n) is 5.01. The highest BCUT2D eigenvalue weighted by atomic mass is 16.5. The molecule has 0 aliphatic carbocycles. The van der Waals surface area contributed by atoms with Gasteiger partial charge in [-0.25, -0.2) is 4.79 Å². The van der Waals surface area contributed by atoms with Gasteiger partial charge in [-0.3, -0.25) is 4.79 Å². The van der Waals surface area contributed by atoms with E-state index in [0.717, 1.165) is 0 Å². The lowest BCUT2D eigenvalue weighted by atomic mass is 10.1. The van der Waals surface area contributed by atoms with Crippen molar-refractivity contribution in [2.75, 3.05) is 7.11 Å². The number of carboxylic acids is 1. The Morgan fingerprint density at radius 1 is 1.41 bits per heavy atom. The van der Waals surface area contributed by atoms with Gasteiger partial charge in [0.2, 0.25) is 0 Å². The highest BCUT2D eigenvalue weighted by Crippen LogP contribution is 2.10. The van der Waals surface area contributed by atoms with Gasteiger partial charge in [-0.15, -0.1) is 0 Å². The average Bonchev–Trinajstić information content (AvgIpc) is 2.27. The minimum absolute atomic E-state index is 0.0891. The van der Waals surface area contributed by atoms with Crippen molar-refractivity contribution in [2.24, 2.45) is 0 Å². The van der Waals surface area contributed by atoms with E-state index in [2.05, 4.69) is 11.3 Å². The van der Waals surface area contributed by atoms with Crippen molar-refractivity contribution in [3.8, 4) is 0 Å². The molecule has 4 nitrogen and oxygen atoms in total. The van der Waals surface area contributed by atoms with Crippen molar-refractivity contribution in [2.45, 2.75) is 13.3 Å². The molecule has 92 valence electrons. The van der Waals surface area contributed by atoms with Gasteiger partial charge in [0.15, 0.2) is 0 Å². The Hall–Kier alpha value is -2.10. The van der Waals surface area contributed by atoms with E-state index < -0.39 is 11.9 Å². The molecule has 4 heteroatoms. The number of esters is 1. The van der Waals surface area contributed by atoms with Crippen molar-refractivity contribution >= 4 is 11.9 Å². The summed E-state index contributed by atoms with van der Waals surface area (Å²) >= 11 is 0. The van der Waals surface area contributed by atoms with Crippen molar-refractivity contribution in [3.05, 3.63) is 48.1 Å². The van der Waals surface area contributed by atoms with E-state index >= 15 is 0 Å². The summed E-state index contributed by atoms with van der Waals surface area (Å²) in [6, 6.07) is 0. The number of rotatable bonds is 6. The predicted octanol–water partition coefficient (Wildman–Crippen LogP) is 2.25. The lowest BCUT2D eigenvalue weighted by molar-refractivity contribution is -0.141. The Balaban J connectivity index is 5.25. The van der Waals surface area contributed by atoms with Crippen molar-refractivity contribution in [3.63, 3.8) is 0 Å². The van der Waals surface area contributed by atoms with Crippen LogP contribution in [0.3, 0.4) is 0 Å². The second-order valence-corrected chi connectivity index (χ2v) is 3.13. The van der Waals surface area contributed by atoms with Crippen LogP contribution in [-0.2, 0) is 14.3 Å². The SMILES string of the molecule is C=C/C=C(\C=C/C)/C=C(\CC(=O)O)C(=O)OC. The van der Waals surface area contributed by atoms with Crippen molar-refractivity contribution in [1.82, 2.24) is 0 Å². The van der Waals surface area contributed by atoms with Crippen LogP contribution in [0.2, 0.25) is 0 Å². The largest absolute Gasteiger partial charge is 0.481 e. The monoisotopic (exact) mass is 236 g/mol. The molecule has 0 radical (unpaired) electrons. The number of methoxy groups -OCH3 is 1. The first kappa shape index (κ1) is 14.9. The highest BCUT2D eigenvalue weighted by Gasteiger charge is 2.13. The summed E-state index contributed by atoms with van der Waals surface area (Å²) in [6.07, 6.45) is 7.85. The summed E-state index contributed by atoms with van der Waals surface area (Å²) in [7, 11) is 1.21. The van der Waals surface area contributed by atoms with Gasteiger partial charge in [-0.05, 0) is 18.6 Å². The van der Waals surface area contributed by atoms with Gasteiger partial charge < -0.3 is 9.84 Å². The molecule has 0 heterocycles. The molecule has 0 spiro atoms. The number of hydrogen-bond acceptors (Lipinski definition) is 3. The molecule has 0 aromatic heterocycles. The minimum Gasteiger partial charge on any atom is -0.481 e. The molecule has 0 atom stereocenters. The predicted molar refractivity (Wildman–Crippen MR) is 65.4 cm³/mol. The summed E-state index contributed by atoms with van der Waals surface area (Å²) in [5.74, 6) is -1.73. The molecule has 17 heavy (non-hydrogen) atoms. The van der Waals surface area contributed by atoms with Crippen LogP contribution in [0.5, 0.6) is 0 Å². The molecule has 0 aromatic rings. The molecular formula is C13H16O4. The number of carbonyl (C=O) groups excluding carboxylic acids is 1. The maximum atomic E-state index is 11.4.